The molecule has 0 aromatic heterocycles. The van der Waals surface area contributed by atoms with Crippen LogP contribution in [0.5, 0.6) is 17.2 Å². The predicted molar refractivity (Wildman–Crippen MR) is 111 cm³/mol. The van der Waals surface area contributed by atoms with Crippen molar-refractivity contribution in [3.63, 3.8) is 0 Å². The zero-order valence-electron chi connectivity index (χ0n) is 15.0. The van der Waals surface area contributed by atoms with Crippen LogP contribution < -0.4 is 14.2 Å². The lowest BCUT2D eigenvalue weighted by Gasteiger charge is -2.09. The molecule has 5 nitrogen and oxygen atoms in total. The molecule has 0 unspecified atom stereocenters. The monoisotopic (exact) mass is 401 g/mol. The molecule has 2 aromatic carbocycles. The first-order valence-corrected chi connectivity index (χ1v) is 9.50. The van der Waals surface area contributed by atoms with Crippen molar-refractivity contribution in [3.8, 4) is 17.2 Å². The Morgan fingerprint density at radius 1 is 0.963 bits per heavy atom. The van der Waals surface area contributed by atoms with E-state index in [0.29, 0.717) is 22.4 Å². The van der Waals surface area contributed by atoms with Gasteiger partial charge >= 0.3 is 0 Å². The van der Waals surface area contributed by atoms with Gasteiger partial charge in [0.2, 0.25) is 0 Å². The standard InChI is InChI=1S/C20H19NO4S2/c1-21-19(22)18(27-20(21)26)13-14-3-5-16(6-4-14)24-11-12-25-17-9-7-15(23-2)8-10-17/h3-10,13H,11-12H2,1-2H3. The maximum atomic E-state index is 12.0. The lowest BCUT2D eigenvalue weighted by Crippen LogP contribution is -2.22. The summed E-state index contributed by atoms with van der Waals surface area (Å²) >= 11 is 6.44. The third-order valence-corrected chi connectivity index (χ3v) is 5.33. The van der Waals surface area contributed by atoms with Gasteiger partial charge in [-0.05, 0) is 48.0 Å². The summed E-state index contributed by atoms with van der Waals surface area (Å²) in [5, 5.41) is 0. The molecule has 140 valence electrons. The number of carbonyl (C=O) groups is 1. The summed E-state index contributed by atoms with van der Waals surface area (Å²) < 4.78 is 17.0. The second kappa shape index (κ2) is 8.92. The Balaban J connectivity index is 1.48. The van der Waals surface area contributed by atoms with Gasteiger partial charge in [-0.25, -0.2) is 0 Å². The number of ether oxygens (including phenoxy) is 3. The highest BCUT2D eigenvalue weighted by atomic mass is 32.2. The molecule has 1 heterocycles. The van der Waals surface area contributed by atoms with Crippen LogP contribution in [0.3, 0.4) is 0 Å². The number of hydrogen-bond donors (Lipinski definition) is 0. The van der Waals surface area contributed by atoms with Crippen molar-refractivity contribution in [1.82, 2.24) is 4.90 Å². The summed E-state index contributed by atoms with van der Waals surface area (Å²) in [6.45, 7) is 0.868. The number of likely N-dealkylation sites (N-methyl/N-ethyl adjacent to an activating group) is 1. The third-order valence-electron chi connectivity index (χ3n) is 3.84. The van der Waals surface area contributed by atoms with E-state index in [0.717, 1.165) is 22.8 Å². The van der Waals surface area contributed by atoms with E-state index in [1.54, 1.807) is 14.2 Å². The van der Waals surface area contributed by atoms with Gasteiger partial charge in [0.15, 0.2) is 0 Å². The highest BCUT2D eigenvalue weighted by Crippen LogP contribution is 2.31. The van der Waals surface area contributed by atoms with Crippen molar-refractivity contribution >= 4 is 40.3 Å². The molecule has 0 saturated carbocycles. The van der Waals surface area contributed by atoms with E-state index in [1.165, 1.54) is 16.7 Å². The molecule has 0 aliphatic carbocycles. The van der Waals surface area contributed by atoms with Crippen LogP contribution >= 0.6 is 24.0 Å². The van der Waals surface area contributed by atoms with Crippen LogP contribution in [0.15, 0.2) is 53.4 Å². The minimum Gasteiger partial charge on any atom is -0.497 e. The van der Waals surface area contributed by atoms with Crippen molar-refractivity contribution in [2.45, 2.75) is 0 Å². The molecule has 1 amide bonds. The van der Waals surface area contributed by atoms with Gasteiger partial charge in [-0.3, -0.25) is 9.69 Å². The Morgan fingerprint density at radius 3 is 1.96 bits per heavy atom. The van der Waals surface area contributed by atoms with Crippen molar-refractivity contribution in [2.24, 2.45) is 0 Å². The van der Waals surface area contributed by atoms with Crippen molar-refractivity contribution in [2.75, 3.05) is 27.4 Å². The second-order valence-electron chi connectivity index (χ2n) is 5.68. The molecule has 1 saturated heterocycles. The van der Waals surface area contributed by atoms with Crippen LogP contribution in [0.25, 0.3) is 6.08 Å². The first kappa shape index (κ1) is 19.3. The van der Waals surface area contributed by atoms with Gasteiger partial charge in [-0.2, -0.15) is 0 Å². The highest BCUT2D eigenvalue weighted by molar-refractivity contribution is 8.26. The van der Waals surface area contributed by atoms with Gasteiger partial charge in [-0.1, -0.05) is 36.1 Å². The normalized spacial score (nSPS) is 15.3. The van der Waals surface area contributed by atoms with Crippen molar-refractivity contribution in [3.05, 3.63) is 59.0 Å². The zero-order chi connectivity index (χ0) is 19.2. The van der Waals surface area contributed by atoms with Crippen LogP contribution in [0.2, 0.25) is 0 Å². The molecule has 27 heavy (non-hydrogen) atoms. The average Bonchev–Trinajstić information content (AvgIpc) is 2.93. The lowest BCUT2D eigenvalue weighted by atomic mass is 10.2. The molecular formula is C20H19NO4S2. The summed E-state index contributed by atoms with van der Waals surface area (Å²) in [6.07, 6.45) is 1.83. The zero-order valence-corrected chi connectivity index (χ0v) is 16.6. The van der Waals surface area contributed by atoms with E-state index < -0.39 is 0 Å². The summed E-state index contributed by atoms with van der Waals surface area (Å²) in [7, 11) is 3.31. The quantitative estimate of drug-likeness (QED) is 0.397. The molecule has 3 rings (SSSR count). The van der Waals surface area contributed by atoms with Crippen LogP contribution in [0, 0.1) is 0 Å². The van der Waals surface area contributed by atoms with E-state index >= 15 is 0 Å². The second-order valence-corrected chi connectivity index (χ2v) is 7.36. The van der Waals surface area contributed by atoms with Crippen molar-refractivity contribution < 1.29 is 19.0 Å². The molecule has 0 spiro atoms. The van der Waals surface area contributed by atoms with Gasteiger partial charge in [0.05, 0.1) is 12.0 Å². The summed E-state index contributed by atoms with van der Waals surface area (Å²) in [5.41, 5.74) is 0.922. The van der Waals surface area contributed by atoms with Crippen LogP contribution in [-0.2, 0) is 4.79 Å². The smallest absolute Gasteiger partial charge is 0.265 e. The van der Waals surface area contributed by atoms with E-state index in [1.807, 2.05) is 54.6 Å². The topological polar surface area (TPSA) is 48.0 Å². The van der Waals surface area contributed by atoms with E-state index in [2.05, 4.69) is 0 Å². The number of thiocarbonyl (C=S) groups is 1. The number of thioether (sulfide) groups is 1. The fourth-order valence-electron chi connectivity index (χ4n) is 2.35. The Hall–Kier alpha value is -2.51. The van der Waals surface area contributed by atoms with Gasteiger partial charge < -0.3 is 14.2 Å². The molecule has 0 atom stereocenters. The van der Waals surface area contributed by atoms with E-state index in [-0.39, 0.29) is 5.91 Å². The Labute approximate surface area is 167 Å². The minimum atomic E-state index is -0.0685. The minimum absolute atomic E-state index is 0.0685. The van der Waals surface area contributed by atoms with Gasteiger partial charge in [0, 0.05) is 7.05 Å². The first-order chi connectivity index (χ1) is 13.1. The molecule has 1 aliphatic heterocycles. The third kappa shape index (κ3) is 5.02. The Bertz CT molecular complexity index is 847. The van der Waals surface area contributed by atoms with Crippen LogP contribution in [0.1, 0.15) is 5.56 Å². The molecule has 1 aliphatic rings. The number of benzene rings is 2. The number of amides is 1. The number of rotatable bonds is 7. The SMILES string of the molecule is COc1ccc(OCCOc2ccc(C=C3SC(=S)N(C)C3=O)cc2)cc1. The number of nitrogens with zero attached hydrogens (tertiary/aromatic N) is 1. The highest BCUT2D eigenvalue weighted by Gasteiger charge is 2.28. The molecule has 1 fully saturated rings. The van der Waals surface area contributed by atoms with E-state index in [4.69, 9.17) is 26.4 Å². The summed E-state index contributed by atoms with van der Waals surface area (Å²) in [6, 6.07) is 14.9. The largest absolute Gasteiger partial charge is 0.497 e. The van der Waals surface area contributed by atoms with Gasteiger partial charge in [-0.15, -0.1) is 0 Å². The summed E-state index contributed by atoms with van der Waals surface area (Å²) in [4.78, 5) is 14.1. The maximum Gasteiger partial charge on any atom is 0.265 e. The Kier molecular flexibility index (Phi) is 6.36. The van der Waals surface area contributed by atoms with Crippen LogP contribution in [-0.4, -0.2) is 42.5 Å². The summed E-state index contributed by atoms with van der Waals surface area (Å²) in [5.74, 6) is 2.23. The molecular weight excluding hydrogens is 382 g/mol. The lowest BCUT2D eigenvalue weighted by molar-refractivity contribution is -0.121. The fraction of sp³-hybridized carbons (Fsp3) is 0.200. The van der Waals surface area contributed by atoms with Crippen LogP contribution in [0.4, 0.5) is 0 Å². The molecule has 0 bridgehead atoms. The molecule has 0 radical (unpaired) electrons. The first-order valence-electron chi connectivity index (χ1n) is 8.28. The predicted octanol–water partition coefficient (Wildman–Crippen LogP) is 3.98. The number of methoxy groups -OCH3 is 1. The van der Waals surface area contributed by atoms with E-state index in [9.17, 15) is 4.79 Å². The van der Waals surface area contributed by atoms with Gasteiger partial charge in [0.1, 0.15) is 34.8 Å². The number of carbonyl (C=O) groups excluding carboxylic acids is 1. The average molecular weight is 402 g/mol. The van der Waals surface area contributed by atoms with Crippen molar-refractivity contribution in [1.29, 1.82) is 0 Å². The molecule has 2 aromatic rings. The number of hydrogen-bond acceptors (Lipinski definition) is 6. The fourth-order valence-corrected chi connectivity index (χ4v) is 3.53. The molecule has 0 N–H and O–H groups in total. The molecule has 7 heteroatoms. The van der Waals surface area contributed by atoms with Gasteiger partial charge in [0.25, 0.3) is 5.91 Å². The maximum absolute atomic E-state index is 12.0. The Morgan fingerprint density at radius 2 is 1.48 bits per heavy atom.